The Hall–Kier alpha value is -0.900. The SMILES string of the molecule is CC(C)NCC(Cc1ncnn1C)C(C)(C)C. The second-order valence-corrected chi connectivity index (χ2v) is 6.13. The minimum Gasteiger partial charge on any atom is -0.314 e. The van der Waals surface area contributed by atoms with E-state index in [2.05, 4.69) is 50.0 Å². The Morgan fingerprint density at radius 1 is 1.35 bits per heavy atom. The second-order valence-electron chi connectivity index (χ2n) is 6.13. The third kappa shape index (κ3) is 4.46. The molecule has 0 amide bonds. The fourth-order valence-corrected chi connectivity index (χ4v) is 1.79. The second kappa shape index (κ2) is 5.63. The first-order chi connectivity index (χ1) is 7.80. The smallest absolute Gasteiger partial charge is 0.138 e. The molecule has 17 heavy (non-hydrogen) atoms. The standard InChI is InChI=1S/C13H26N4/c1-10(2)14-8-11(13(3,4)5)7-12-15-9-16-17(12)6/h9-11,14H,7-8H2,1-6H3. The lowest BCUT2D eigenvalue weighted by molar-refractivity contribution is 0.221. The average molecular weight is 238 g/mol. The van der Waals surface area contributed by atoms with Gasteiger partial charge in [-0.1, -0.05) is 34.6 Å². The molecule has 0 aliphatic heterocycles. The van der Waals surface area contributed by atoms with Crippen LogP contribution in [-0.4, -0.2) is 27.4 Å². The molecule has 0 saturated carbocycles. The molecule has 4 nitrogen and oxygen atoms in total. The van der Waals surface area contributed by atoms with Crippen molar-refractivity contribution < 1.29 is 0 Å². The zero-order valence-electron chi connectivity index (χ0n) is 12.0. The molecule has 1 aromatic rings. The van der Waals surface area contributed by atoms with Crippen molar-refractivity contribution in [3.05, 3.63) is 12.2 Å². The lowest BCUT2D eigenvalue weighted by Crippen LogP contribution is -2.36. The molecule has 1 N–H and O–H groups in total. The molecule has 0 bridgehead atoms. The first-order valence-corrected chi connectivity index (χ1v) is 6.37. The molecule has 0 aliphatic carbocycles. The number of hydrogen-bond acceptors (Lipinski definition) is 3. The molecule has 0 aliphatic rings. The summed E-state index contributed by atoms with van der Waals surface area (Å²) >= 11 is 0. The van der Waals surface area contributed by atoms with Crippen molar-refractivity contribution in [1.29, 1.82) is 0 Å². The molecule has 0 radical (unpaired) electrons. The summed E-state index contributed by atoms with van der Waals surface area (Å²) in [7, 11) is 1.96. The average Bonchev–Trinajstić information content (AvgIpc) is 2.56. The molecular formula is C13H26N4. The number of aryl methyl sites for hydroxylation is 1. The molecule has 1 aromatic heterocycles. The molecule has 4 heteroatoms. The molecule has 0 spiro atoms. The van der Waals surface area contributed by atoms with E-state index in [1.54, 1.807) is 6.33 Å². The molecule has 0 aromatic carbocycles. The summed E-state index contributed by atoms with van der Waals surface area (Å²) in [5.74, 6) is 1.63. The molecule has 98 valence electrons. The first-order valence-electron chi connectivity index (χ1n) is 6.37. The van der Waals surface area contributed by atoms with E-state index in [-0.39, 0.29) is 5.41 Å². The van der Waals surface area contributed by atoms with Gasteiger partial charge in [-0.25, -0.2) is 4.98 Å². The number of rotatable bonds is 5. The predicted molar refractivity (Wildman–Crippen MR) is 70.8 cm³/mol. The lowest BCUT2D eigenvalue weighted by Gasteiger charge is -2.31. The summed E-state index contributed by atoms with van der Waals surface area (Å²) in [6.07, 6.45) is 2.60. The Bertz CT molecular complexity index is 335. The fraction of sp³-hybridized carbons (Fsp3) is 0.846. The summed E-state index contributed by atoms with van der Waals surface area (Å²) in [6.45, 7) is 12.3. The van der Waals surface area contributed by atoms with Crippen molar-refractivity contribution in [2.24, 2.45) is 18.4 Å². The van der Waals surface area contributed by atoms with Gasteiger partial charge in [-0.2, -0.15) is 5.10 Å². The fourth-order valence-electron chi connectivity index (χ4n) is 1.79. The minimum atomic E-state index is 0.272. The summed E-state index contributed by atoms with van der Waals surface area (Å²) in [4.78, 5) is 4.32. The van der Waals surface area contributed by atoms with Crippen LogP contribution in [0.4, 0.5) is 0 Å². The highest BCUT2D eigenvalue weighted by Crippen LogP contribution is 2.28. The van der Waals surface area contributed by atoms with Gasteiger partial charge in [0, 0.05) is 19.5 Å². The molecule has 1 rings (SSSR count). The van der Waals surface area contributed by atoms with E-state index >= 15 is 0 Å². The van der Waals surface area contributed by atoms with Gasteiger partial charge in [0.1, 0.15) is 12.2 Å². The van der Waals surface area contributed by atoms with Gasteiger partial charge in [-0.05, 0) is 17.9 Å². The zero-order chi connectivity index (χ0) is 13.1. The van der Waals surface area contributed by atoms with E-state index in [0.29, 0.717) is 12.0 Å². The van der Waals surface area contributed by atoms with Gasteiger partial charge in [0.25, 0.3) is 0 Å². The van der Waals surface area contributed by atoms with Crippen LogP contribution in [0.2, 0.25) is 0 Å². The zero-order valence-corrected chi connectivity index (χ0v) is 12.0. The number of hydrogen-bond donors (Lipinski definition) is 1. The summed E-state index contributed by atoms with van der Waals surface area (Å²) in [5, 5.41) is 7.66. The van der Waals surface area contributed by atoms with E-state index < -0.39 is 0 Å². The summed E-state index contributed by atoms with van der Waals surface area (Å²) < 4.78 is 1.87. The van der Waals surface area contributed by atoms with Crippen LogP contribution in [0.25, 0.3) is 0 Å². The van der Waals surface area contributed by atoms with Crippen LogP contribution >= 0.6 is 0 Å². The van der Waals surface area contributed by atoms with E-state index in [1.807, 2.05) is 11.7 Å². The Labute approximate surface area is 105 Å². The van der Waals surface area contributed by atoms with Gasteiger partial charge >= 0.3 is 0 Å². The number of nitrogens with zero attached hydrogens (tertiary/aromatic N) is 3. The topological polar surface area (TPSA) is 42.7 Å². The maximum absolute atomic E-state index is 4.32. The van der Waals surface area contributed by atoms with Crippen LogP contribution in [-0.2, 0) is 13.5 Å². The highest BCUT2D eigenvalue weighted by atomic mass is 15.3. The minimum absolute atomic E-state index is 0.272. The third-order valence-corrected chi connectivity index (χ3v) is 3.23. The lowest BCUT2D eigenvalue weighted by atomic mass is 9.78. The van der Waals surface area contributed by atoms with Gasteiger partial charge in [0.05, 0.1) is 0 Å². The maximum atomic E-state index is 4.32. The van der Waals surface area contributed by atoms with Crippen molar-refractivity contribution in [3.8, 4) is 0 Å². The van der Waals surface area contributed by atoms with Crippen molar-refractivity contribution >= 4 is 0 Å². The van der Waals surface area contributed by atoms with Gasteiger partial charge in [0.15, 0.2) is 0 Å². The third-order valence-electron chi connectivity index (χ3n) is 3.23. The molecule has 0 saturated heterocycles. The summed E-state index contributed by atoms with van der Waals surface area (Å²) in [6, 6.07) is 0.527. The van der Waals surface area contributed by atoms with Crippen LogP contribution in [0.1, 0.15) is 40.4 Å². The van der Waals surface area contributed by atoms with Crippen LogP contribution in [0.15, 0.2) is 6.33 Å². The Morgan fingerprint density at radius 2 is 2.00 bits per heavy atom. The predicted octanol–water partition coefficient (Wildman–Crippen LogP) is 2.02. The highest BCUT2D eigenvalue weighted by molar-refractivity contribution is 4.91. The number of aromatic nitrogens is 3. The van der Waals surface area contributed by atoms with Gasteiger partial charge in [0.2, 0.25) is 0 Å². The summed E-state index contributed by atoms with van der Waals surface area (Å²) in [5.41, 5.74) is 0.272. The van der Waals surface area contributed by atoms with Crippen molar-refractivity contribution in [1.82, 2.24) is 20.1 Å². The van der Waals surface area contributed by atoms with E-state index in [1.165, 1.54) is 0 Å². The van der Waals surface area contributed by atoms with Gasteiger partial charge < -0.3 is 5.32 Å². The van der Waals surface area contributed by atoms with E-state index in [0.717, 1.165) is 18.8 Å². The Kier molecular flexibility index (Phi) is 4.69. The Balaban J connectivity index is 2.68. The normalized spacial score (nSPS) is 14.3. The molecule has 1 heterocycles. The largest absolute Gasteiger partial charge is 0.314 e. The molecular weight excluding hydrogens is 212 g/mol. The molecule has 1 unspecified atom stereocenters. The monoisotopic (exact) mass is 238 g/mol. The van der Waals surface area contributed by atoms with Crippen molar-refractivity contribution in [2.75, 3.05) is 6.54 Å². The van der Waals surface area contributed by atoms with Gasteiger partial charge in [-0.15, -0.1) is 0 Å². The van der Waals surface area contributed by atoms with Crippen LogP contribution in [0.5, 0.6) is 0 Å². The van der Waals surface area contributed by atoms with Crippen molar-refractivity contribution in [2.45, 2.75) is 47.1 Å². The van der Waals surface area contributed by atoms with E-state index in [9.17, 15) is 0 Å². The van der Waals surface area contributed by atoms with Crippen LogP contribution in [0.3, 0.4) is 0 Å². The Morgan fingerprint density at radius 3 is 2.41 bits per heavy atom. The van der Waals surface area contributed by atoms with Crippen LogP contribution < -0.4 is 5.32 Å². The van der Waals surface area contributed by atoms with Crippen molar-refractivity contribution in [3.63, 3.8) is 0 Å². The van der Waals surface area contributed by atoms with Gasteiger partial charge in [-0.3, -0.25) is 4.68 Å². The first kappa shape index (κ1) is 14.2. The molecule has 0 fully saturated rings. The maximum Gasteiger partial charge on any atom is 0.138 e. The molecule has 1 atom stereocenters. The number of nitrogens with one attached hydrogen (secondary N) is 1. The highest BCUT2D eigenvalue weighted by Gasteiger charge is 2.26. The van der Waals surface area contributed by atoms with Crippen LogP contribution in [0, 0.1) is 11.3 Å². The quantitative estimate of drug-likeness (QED) is 0.853. The van der Waals surface area contributed by atoms with E-state index in [4.69, 9.17) is 0 Å².